The average molecular weight is 208 g/mol. The van der Waals surface area contributed by atoms with Gasteiger partial charge in [0, 0.05) is 25.9 Å². The minimum atomic E-state index is 0.767. The molecule has 84 valence electrons. The Labute approximate surface area is 91.1 Å². The Bertz CT molecular complexity index is 318. The van der Waals surface area contributed by atoms with Gasteiger partial charge < -0.3 is 9.88 Å². The molecule has 1 aliphatic rings. The Morgan fingerprint density at radius 1 is 1.47 bits per heavy atom. The van der Waals surface area contributed by atoms with E-state index in [1.165, 1.54) is 12.2 Å². The molecule has 15 heavy (non-hydrogen) atoms. The Kier molecular flexibility index (Phi) is 3.36. The first-order valence-electron chi connectivity index (χ1n) is 5.93. The highest BCUT2D eigenvalue weighted by molar-refractivity contribution is 5.00. The van der Waals surface area contributed by atoms with Gasteiger partial charge in [-0.1, -0.05) is 13.8 Å². The molecular formula is C11H20N4. The molecule has 0 saturated carbocycles. The van der Waals surface area contributed by atoms with Gasteiger partial charge in [0.1, 0.15) is 11.6 Å². The third kappa shape index (κ3) is 2.37. The molecule has 0 saturated heterocycles. The molecule has 1 unspecified atom stereocenters. The fourth-order valence-corrected chi connectivity index (χ4v) is 2.11. The SMILES string of the molecule is CCNCCc1nnc2n1CCC(C)C2. The summed E-state index contributed by atoms with van der Waals surface area (Å²) in [6.07, 6.45) is 3.35. The van der Waals surface area contributed by atoms with Crippen molar-refractivity contribution in [1.29, 1.82) is 0 Å². The summed E-state index contributed by atoms with van der Waals surface area (Å²) in [5.74, 6) is 3.10. The number of likely N-dealkylation sites (N-methyl/N-ethyl adjacent to an activating group) is 1. The van der Waals surface area contributed by atoms with Crippen molar-refractivity contribution in [2.24, 2.45) is 5.92 Å². The Morgan fingerprint density at radius 2 is 2.33 bits per heavy atom. The summed E-state index contributed by atoms with van der Waals surface area (Å²) in [5, 5.41) is 11.9. The Morgan fingerprint density at radius 3 is 3.13 bits per heavy atom. The van der Waals surface area contributed by atoms with Gasteiger partial charge in [-0.15, -0.1) is 10.2 Å². The van der Waals surface area contributed by atoms with E-state index in [0.29, 0.717) is 0 Å². The van der Waals surface area contributed by atoms with E-state index < -0.39 is 0 Å². The number of rotatable bonds is 4. The standard InChI is InChI=1S/C11H20N4/c1-3-12-6-4-10-13-14-11-8-9(2)5-7-15(10)11/h9,12H,3-8H2,1-2H3. The van der Waals surface area contributed by atoms with Crippen LogP contribution in [0.15, 0.2) is 0 Å². The smallest absolute Gasteiger partial charge is 0.134 e. The zero-order valence-corrected chi connectivity index (χ0v) is 9.66. The first kappa shape index (κ1) is 10.6. The van der Waals surface area contributed by atoms with Crippen LogP contribution in [-0.2, 0) is 19.4 Å². The predicted octanol–water partition coefficient (Wildman–Crippen LogP) is 1.01. The second-order valence-corrected chi connectivity index (χ2v) is 4.39. The van der Waals surface area contributed by atoms with Gasteiger partial charge in [-0.05, 0) is 18.9 Å². The normalized spacial score (nSPS) is 20.3. The van der Waals surface area contributed by atoms with Gasteiger partial charge in [0.05, 0.1) is 0 Å². The molecule has 1 atom stereocenters. The van der Waals surface area contributed by atoms with Crippen molar-refractivity contribution >= 4 is 0 Å². The van der Waals surface area contributed by atoms with Crippen LogP contribution in [0, 0.1) is 5.92 Å². The highest BCUT2D eigenvalue weighted by Crippen LogP contribution is 2.19. The maximum absolute atomic E-state index is 4.28. The van der Waals surface area contributed by atoms with Crippen LogP contribution in [0.1, 0.15) is 31.9 Å². The van der Waals surface area contributed by atoms with E-state index in [1.807, 2.05) is 0 Å². The molecule has 4 nitrogen and oxygen atoms in total. The van der Waals surface area contributed by atoms with Crippen molar-refractivity contribution in [3.05, 3.63) is 11.6 Å². The monoisotopic (exact) mass is 208 g/mol. The van der Waals surface area contributed by atoms with Crippen molar-refractivity contribution in [3.63, 3.8) is 0 Å². The van der Waals surface area contributed by atoms with Crippen LogP contribution >= 0.6 is 0 Å². The number of hydrogen-bond donors (Lipinski definition) is 1. The van der Waals surface area contributed by atoms with E-state index in [0.717, 1.165) is 44.2 Å². The van der Waals surface area contributed by atoms with E-state index in [4.69, 9.17) is 0 Å². The molecule has 0 aliphatic carbocycles. The summed E-state index contributed by atoms with van der Waals surface area (Å²) in [6, 6.07) is 0. The average Bonchev–Trinajstić information content (AvgIpc) is 2.61. The predicted molar refractivity (Wildman–Crippen MR) is 59.8 cm³/mol. The van der Waals surface area contributed by atoms with Gasteiger partial charge in [-0.25, -0.2) is 0 Å². The summed E-state index contributed by atoms with van der Waals surface area (Å²) >= 11 is 0. The van der Waals surface area contributed by atoms with Crippen molar-refractivity contribution < 1.29 is 0 Å². The summed E-state index contributed by atoms with van der Waals surface area (Å²) < 4.78 is 2.30. The van der Waals surface area contributed by atoms with Crippen LogP contribution < -0.4 is 5.32 Å². The van der Waals surface area contributed by atoms with Gasteiger partial charge in [0.25, 0.3) is 0 Å². The lowest BCUT2D eigenvalue weighted by Crippen LogP contribution is -2.22. The van der Waals surface area contributed by atoms with E-state index >= 15 is 0 Å². The van der Waals surface area contributed by atoms with E-state index in [2.05, 4.69) is 33.9 Å². The third-order valence-electron chi connectivity index (χ3n) is 3.06. The largest absolute Gasteiger partial charge is 0.317 e. The van der Waals surface area contributed by atoms with Crippen LogP contribution in [0.4, 0.5) is 0 Å². The van der Waals surface area contributed by atoms with Crippen molar-refractivity contribution in [1.82, 2.24) is 20.1 Å². The summed E-state index contributed by atoms with van der Waals surface area (Å²) in [4.78, 5) is 0. The lowest BCUT2D eigenvalue weighted by atomic mass is 10.0. The quantitative estimate of drug-likeness (QED) is 0.751. The first-order valence-corrected chi connectivity index (χ1v) is 5.93. The molecule has 1 aromatic rings. The van der Waals surface area contributed by atoms with Gasteiger partial charge in [-0.2, -0.15) is 0 Å². The van der Waals surface area contributed by atoms with Gasteiger partial charge in [0.15, 0.2) is 0 Å². The van der Waals surface area contributed by atoms with Gasteiger partial charge >= 0.3 is 0 Å². The van der Waals surface area contributed by atoms with Crippen LogP contribution in [-0.4, -0.2) is 27.9 Å². The highest BCUT2D eigenvalue weighted by Gasteiger charge is 2.19. The molecule has 0 spiro atoms. The molecule has 1 aromatic heterocycles. The topological polar surface area (TPSA) is 42.7 Å². The zero-order chi connectivity index (χ0) is 10.7. The number of nitrogens with zero attached hydrogens (tertiary/aromatic N) is 3. The summed E-state index contributed by atoms with van der Waals surface area (Å²) in [6.45, 7) is 7.55. The molecule has 0 radical (unpaired) electrons. The van der Waals surface area contributed by atoms with Crippen molar-refractivity contribution in [2.75, 3.05) is 13.1 Å². The molecule has 1 aliphatic heterocycles. The molecule has 1 N–H and O–H groups in total. The van der Waals surface area contributed by atoms with Crippen molar-refractivity contribution in [2.45, 2.75) is 39.7 Å². The Balaban J connectivity index is 2.01. The van der Waals surface area contributed by atoms with Crippen LogP contribution in [0.5, 0.6) is 0 Å². The molecule has 2 heterocycles. The molecule has 4 heteroatoms. The highest BCUT2D eigenvalue weighted by atomic mass is 15.3. The Hall–Kier alpha value is -0.900. The summed E-state index contributed by atoms with van der Waals surface area (Å²) in [7, 11) is 0. The molecule has 2 rings (SSSR count). The lowest BCUT2D eigenvalue weighted by molar-refractivity contribution is 0.402. The third-order valence-corrected chi connectivity index (χ3v) is 3.06. The zero-order valence-electron chi connectivity index (χ0n) is 9.66. The van der Waals surface area contributed by atoms with Gasteiger partial charge in [0.2, 0.25) is 0 Å². The molecule has 0 bridgehead atoms. The first-order chi connectivity index (χ1) is 7.31. The maximum atomic E-state index is 4.28. The second kappa shape index (κ2) is 4.75. The second-order valence-electron chi connectivity index (χ2n) is 4.39. The maximum Gasteiger partial charge on any atom is 0.134 e. The fourth-order valence-electron chi connectivity index (χ4n) is 2.11. The molecule has 0 aromatic carbocycles. The van der Waals surface area contributed by atoms with Crippen molar-refractivity contribution in [3.8, 4) is 0 Å². The molecular weight excluding hydrogens is 188 g/mol. The molecule has 0 amide bonds. The van der Waals surface area contributed by atoms with Crippen LogP contribution in [0.3, 0.4) is 0 Å². The van der Waals surface area contributed by atoms with E-state index in [-0.39, 0.29) is 0 Å². The lowest BCUT2D eigenvalue weighted by Gasteiger charge is -2.20. The number of hydrogen-bond acceptors (Lipinski definition) is 3. The van der Waals surface area contributed by atoms with Gasteiger partial charge in [-0.3, -0.25) is 0 Å². The number of aromatic nitrogens is 3. The minimum Gasteiger partial charge on any atom is -0.317 e. The summed E-state index contributed by atoms with van der Waals surface area (Å²) in [5.41, 5.74) is 0. The number of fused-ring (bicyclic) bond motifs is 1. The fraction of sp³-hybridized carbons (Fsp3) is 0.818. The minimum absolute atomic E-state index is 0.767. The molecule has 0 fully saturated rings. The number of nitrogens with one attached hydrogen (secondary N) is 1. The van der Waals surface area contributed by atoms with E-state index in [1.54, 1.807) is 0 Å². The van der Waals surface area contributed by atoms with Crippen LogP contribution in [0.25, 0.3) is 0 Å². The van der Waals surface area contributed by atoms with E-state index in [9.17, 15) is 0 Å². The van der Waals surface area contributed by atoms with Crippen LogP contribution in [0.2, 0.25) is 0 Å².